The van der Waals surface area contributed by atoms with Gasteiger partial charge in [-0.2, -0.15) is 0 Å². The highest BCUT2D eigenvalue weighted by Crippen LogP contribution is 2.29. The van der Waals surface area contributed by atoms with Gasteiger partial charge in [-0.15, -0.1) is 11.3 Å². The molecule has 1 heterocycles. The number of aromatic nitrogens is 1. The van der Waals surface area contributed by atoms with Gasteiger partial charge in [-0.3, -0.25) is 4.99 Å². The smallest absolute Gasteiger partial charge is 0.194 e. The van der Waals surface area contributed by atoms with Gasteiger partial charge in [0.15, 0.2) is 5.96 Å². The standard InChI is InChI=1S/C15H26N4OS/c1-6-16-15(18-13-7-10(13)2)19(4)8-12-9-21-14(17-12)11(3)20-5/h9-11,13H,6-8H2,1-5H3,(H,16,18)/t10-,11+,13+/m0/s1. The second-order valence-electron chi connectivity index (χ2n) is 5.67. The maximum atomic E-state index is 5.31. The van der Waals surface area contributed by atoms with E-state index in [-0.39, 0.29) is 6.10 Å². The van der Waals surface area contributed by atoms with Crippen LogP contribution >= 0.6 is 11.3 Å². The van der Waals surface area contributed by atoms with Crippen LogP contribution in [0.5, 0.6) is 0 Å². The summed E-state index contributed by atoms with van der Waals surface area (Å²) in [5.41, 5.74) is 1.07. The van der Waals surface area contributed by atoms with E-state index in [2.05, 4.69) is 46.5 Å². The van der Waals surface area contributed by atoms with Crippen LogP contribution in [-0.2, 0) is 11.3 Å². The molecule has 0 unspecified atom stereocenters. The van der Waals surface area contributed by atoms with Crippen molar-refractivity contribution in [3.8, 4) is 0 Å². The number of nitrogens with zero attached hydrogens (tertiary/aromatic N) is 3. The molecule has 6 heteroatoms. The molecule has 21 heavy (non-hydrogen) atoms. The zero-order valence-electron chi connectivity index (χ0n) is 13.6. The van der Waals surface area contributed by atoms with Crippen LogP contribution in [0.2, 0.25) is 0 Å². The Bertz CT molecular complexity index is 488. The van der Waals surface area contributed by atoms with Crippen molar-refractivity contribution < 1.29 is 4.74 Å². The summed E-state index contributed by atoms with van der Waals surface area (Å²) in [7, 11) is 3.78. The topological polar surface area (TPSA) is 49.8 Å². The Morgan fingerprint density at radius 3 is 2.95 bits per heavy atom. The van der Waals surface area contributed by atoms with Crippen LogP contribution in [0.3, 0.4) is 0 Å². The molecule has 1 aliphatic carbocycles. The quantitative estimate of drug-likeness (QED) is 0.648. The van der Waals surface area contributed by atoms with Crippen LogP contribution in [0.15, 0.2) is 10.4 Å². The molecule has 1 aromatic rings. The molecule has 1 fully saturated rings. The third-order valence-corrected chi connectivity index (χ3v) is 4.82. The number of ether oxygens (including phenoxy) is 1. The third kappa shape index (κ3) is 4.41. The highest BCUT2D eigenvalue weighted by atomic mass is 32.1. The fraction of sp³-hybridized carbons (Fsp3) is 0.733. The molecule has 118 valence electrons. The van der Waals surface area contributed by atoms with Crippen LogP contribution in [0.1, 0.15) is 44.0 Å². The normalized spacial score (nSPS) is 23.0. The SMILES string of the molecule is CCN=C(N[C@@H]1C[C@@H]1C)N(C)Cc1csc([C@@H](C)OC)n1. The lowest BCUT2D eigenvalue weighted by Gasteiger charge is -2.21. The van der Waals surface area contributed by atoms with Gasteiger partial charge >= 0.3 is 0 Å². The Labute approximate surface area is 131 Å². The minimum absolute atomic E-state index is 0.0586. The molecular formula is C15H26N4OS. The molecule has 3 atom stereocenters. The van der Waals surface area contributed by atoms with Gasteiger partial charge in [0.05, 0.1) is 12.2 Å². The molecule has 0 saturated heterocycles. The van der Waals surface area contributed by atoms with Gasteiger partial charge in [-0.1, -0.05) is 6.92 Å². The molecule has 1 saturated carbocycles. The summed E-state index contributed by atoms with van der Waals surface area (Å²) in [5, 5.41) is 6.66. The van der Waals surface area contributed by atoms with E-state index in [0.717, 1.165) is 35.7 Å². The van der Waals surface area contributed by atoms with E-state index in [4.69, 9.17) is 4.74 Å². The van der Waals surface area contributed by atoms with Crippen molar-refractivity contribution in [2.45, 2.75) is 45.9 Å². The Kier molecular flexibility index (Phi) is 5.58. The molecule has 5 nitrogen and oxygen atoms in total. The molecule has 0 spiro atoms. The van der Waals surface area contributed by atoms with Crippen molar-refractivity contribution in [2.24, 2.45) is 10.9 Å². The summed E-state index contributed by atoms with van der Waals surface area (Å²) in [5.74, 6) is 1.73. The molecule has 2 rings (SSSR count). The summed E-state index contributed by atoms with van der Waals surface area (Å²) in [4.78, 5) is 11.4. The lowest BCUT2D eigenvalue weighted by molar-refractivity contribution is 0.119. The number of methoxy groups -OCH3 is 1. The Hall–Kier alpha value is -1.14. The van der Waals surface area contributed by atoms with Crippen LogP contribution in [0.25, 0.3) is 0 Å². The predicted molar refractivity (Wildman–Crippen MR) is 87.7 cm³/mol. The molecule has 0 bridgehead atoms. The van der Waals surface area contributed by atoms with Gasteiger partial charge in [0.25, 0.3) is 0 Å². The zero-order chi connectivity index (χ0) is 15.4. The van der Waals surface area contributed by atoms with Crippen LogP contribution in [0, 0.1) is 5.92 Å². The van der Waals surface area contributed by atoms with Gasteiger partial charge in [-0.25, -0.2) is 4.98 Å². The zero-order valence-corrected chi connectivity index (χ0v) is 14.4. The Balaban J connectivity index is 1.96. The number of nitrogens with one attached hydrogen (secondary N) is 1. The van der Waals surface area contributed by atoms with E-state index < -0.39 is 0 Å². The van der Waals surface area contributed by atoms with E-state index in [9.17, 15) is 0 Å². The van der Waals surface area contributed by atoms with Crippen LogP contribution in [0.4, 0.5) is 0 Å². The first-order valence-electron chi connectivity index (χ1n) is 7.54. The number of rotatable bonds is 6. The highest BCUT2D eigenvalue weighted by Gasteiger charge is 2.33. The van der Waals surface area contributed by atoms with E-state index in [1.54, 1.807) is 18.4 Å². The van der Waals surface area contributed by atoms with Gasteiger partial charge in [0.2, 0.25) is 0 Å². The second-order valence-corrected chi connectivity index (χ2v) is 6.56. The average molecular weight is 310 g/mol. The summed E-state index contributed by atoms with van der Waals surface area (Å²) < 4.78 is 5.31. The monoisotopic (exact) mass is 310 g/mol. The minimum Gasteiger partial charge on any atom is -0.375 e. The van der Waals surface area contributed by atoms with Crippen molar-refractivity contribution in [3.63, 3.8) is 0 Å². The first-order chi connectivity index (χ1) is 10.0. The lowest BCUT2D eigenvalue weighted by Crippen LogP contribution is -2.40. The van der Waals surface area contributed by atoms with E-state index in [1.807, 2.05) is 6.92 Å². The molecule has 0 aromatic carbocycles. The summed E-state index contributed by atoms with van der Waals surface area (Å²) >= 11 is 1.65. The van der Waals surface area contributed by atoms with Crippen molar-refractivity contribution in [2.75, 3.05) is 20.7 Å². The summed E-state index contributed by atoms with van der Waals surface area (Å²) in [6, 6.07) is 0.581. The minimum atomic E-state index is 0.0586. The fourth-order valence-electron chi connectivity index (χ4n) is 2.12. The predicted octanol–water partition coefficient (Wildman–Crippen LogP) is 2.66. The van der Waals surface area contributed by atoms with Gasteiger partial charge < -0.3 is 15.0 Å². The summed E-state index contributed by atoms with van der Waals surface area (Å²) in [6.45, 7) is 7.90. The highest BCUT2D eigenvalue weighted by molar-refractivity contribution is 7.09. The second kappa shape index (κ2) is 7.22. The fourth-order valence-corrected chi connectivity index (χ4v) is 2.96. The van der Waals surface area contributed by atoms with Gasteiger partial charge in [0.1, 0.15) is 11.1 Å². The lowest BCUT2D eigenvalue weighted by atomic mass is 10.4. The number of guanidine groups is 1. The molecule has 0 radical (unpaired) electrons. The van der Waals surface area contributed by atoms with Crippen LogP contribution in [-0.4, -0.2) is 42.6 Å². The van der Waals surface area contributed by atoms with Gasteiger partial charge in [-0.05, 0) is 26.2 Å². The molecule has 0 aliphatic heterocycles. The number of aliphatic imine (C=N–C) groups is 1. The third-order valence-electron chi connectivity index (χ3n) is 3.76. The summed E-state index contributed by atoms with van der Waals surface area (Å²) in [6.07, 6.45) is 1.30. The van der Waals surface area contributed by atoms with E-state index in [0.29, 0.717) is 6.04 Å². The Morgan fingerprint density at radius 1 is 1.67 bits per heavy atom. The van der Waals surface area contributed by atoms with Crippen LogP contribution < -0.4 is 5.32 Å². The largest absolute Gasteiger partial charge is 0.375 e. The van der Waals surface area contributed by atoms with E-state index in [1.165, 1.54) is 6.42 Å². The maximum Gasteiger partial charge on any atom is 0.194 e. The molecule has 0 amide bonds. The molecular weight excluding hydrogens is 284 g/mol. The van der Waals surface area contributed by atoms with Gasteiger partial charge in [0, 0.05) is 32.1 Å². The Morgan fingerprint density at radius 2 is 2.38 bits per heavy atom. The molecule has 1 aromatic heterocycles. The first kappa shape index (κ1) is 16.2. The maximum absolute atomic E-state index is 5.31. The van der Waals surface area contributed by atoms with Crippen molar-refractivity contribution in [1.29, 1.82) is 0 Å². The number of hydrogen-bond donors (Lipinski definition) is 1. The number of thiazole rings is 1. The van der Waals surface area contributed by atoms with Crippen molar-refractivity contribution >= 4 is 17.3 Å². The van der Waals surface area contributed by atoms with Crippen molar-refractivity contribution in [1.82, 2.24) is 15.2 Å². The molecule has 1 aliphatic rings. The molecule has 1 N–H and O–H groups in total. The average Bonchev–Trinajstić information content (AvgIpc) is 2.97. The first-order valence-corrected chi connectivity index (χ1v) is 8.42. The number of hydrogen-bond acceptors (Lipinski definition) is 4. The van der Waals surface area contributed by atoms with E-state index >= 15 is 0 Å². The van der Waals surface area contributed by atoms with Crippen molar-refractivity contribution in [3.05, 3.63) is 16.1 Å².